The Morgan fingerprint density at radius 3 is 2.32 bits per heavy atom. The first-order valence-electron chi connectivity index (χ1n) is 12.0. The molecule has 0 aromatic heterocycles. The first kappa shape index (κ1) is 29.9. The zero-order valence-corrected chi connectivity index (χ0v) is 22.8. The molecule has 0 radical (unpaired) electrons. The van der Waals surface area contributed by atoms with Crippen LogP contribution in [0.1, 0.15) is 56.8 Å². The summed E-state index contributed by atoms with van der Waals surface area (Å²) in [7, 11) is 0. The number of hydrogen-bond acceptors (Lipinski definition) is 6. The van der Waals surface area contributed by atoms with Gasteiger partial charge in [-0.05, 0) is 75.9 Å². The van der Waals surface area contributed by atoms with E-state index in [0.717, 1.165) is 5.56 Å². The zero-order chi connectivity index (χ0) is 27.9. The number of aliphatic hydroxyl groups is 1. The summed E-state index contributed by atoms with van der Waals surface area (Å²) >= 11 is 6.33. The second kappa shape index (κ2) is 12.8. The van der Waals surface area contributed by atoms with Gasteiger partial charge in [0.1, 0.15) is 23.4 Å². The molecule has 10 heteroatoms. The Bertz CT molecular complexity index is 1110. The van der Waals surface area contributed by atoms with Crippen LogP contribution in [0.5, 0.6) is 5.75 Å². The number of aliphatic hydroxyl groups excluding tert-OH is 1. The Balaban J connectivity index is 2.52. The minimum Gasteiger partial charge on any atom is -0.508 e. The molecule has 0 fully saturated rings. The molecule has 0 spiro atoms. The van der Waals surface area contributed by atoms with E-state index in [9.17, 15) is 24.6 Å². The summed E-state index contributed by atoms with van der Waals surface area (Å²) in [6.45, 7) is 9.78. The molecule has 0 heterocycles. The fourth-order valence-electron chi connectivity index (χ4n) is 3.75. The van der Waals surface area contributed by atoms with Gasteiger partial charge in [-0.1, -0.05) is 36.7 Å². The van der Waals surface area contributed by atoms with Crippen LogP contribution in [0.4, 0.5) is 10.5 Å². The van der Waals surface area contributed by atoms with Gasteiger partial charge in [0.2, 0.25) is 5.91 Å². The van der Waals surface area contributed by atoms with Crippen LogP contribution >= 0.6 is 11.6 Å². The predicted octanol–water partition coefficient (Wildman–Crippen LogP) is 4.47. The van der Waals surface area contributed by atoms with E-state index in [4.69, 9.17) is 16.3 Å². The Kier molecular flexibility index (Phi) is 10.3. The number of rotatable bonds is 9. The molecule has 202 valence electrons. The fourth-order valence-corrected chi connectivity index (χ4v) is 4.02. The smallest absolute Gasteiger partial charge is 0.408 e. The lowest BCUT2D eigenvalue weighted by Crippen LogP contribution is -2.54. The van der Waals surface area contributed by atoms with Crippen molar-refractivity contribution in [2.45, 2.75) is 65.6 Å². The van der Waals surface area contributed by atoms with Crippen molar-refractivity contribution in [1.82, 2.24) is 10.2 Å². The van der Waals surface area contributed by atoms with Crippen LogP contribution in [0.15, 0.2) is 36.4 Å². The minimum atomic E-state index is -1.35. The molecule has 2 aromatic carbocycles. The number of amides is 3. The van der Waals surface area contributed by atoms with Gasteiger partial charge in [-0.25, -0.2) is 4.79 Å². The highest BCUT2D eigenvalue weighted by Gasteiger charge is 2.36. The number of alkyl carbamates (subject to hydrolysis) is 1. The number of hydrogen-bond donors (Lipinski definition) is 4. The summed E-state index contributed by atoms with van der Waals surface area (Å²) in [6, 6.07) is 7.31. The normalized spacial score (nSPS) is 12.9. The van der Waals surface area contributed by atoms with E-state index in [2.05, 4.69) is 10.6 Å². The highest BCUT2D eigenvalue weighted by molar-refractivity contribution is 6.34. The van der Waals surface area contributed by atoms with Crippen molar-refractivity contribution >= 4 is 35.2 Å². The van der Waals surface area contributed by atoms with Crippen LogP contribution < -0.4 is 10.6 Å². The Morgan fingerprint density at radius 1 is 1.11 bits per heavy atom. The van der Waals surface area contributed by atoms with Crippen molar-refractivity contribution in [3.8, 4) is 5.75 Å². The Hall–Kier alpha value is -3.30. The third-order valence-corrected chi connectivity index (χ3v) is 5.80. The largest absolute Gasteiger partial charge is 0.508 e. The maximum Gasteiger partial charge on any atom is 0.408 e. The van der Waals surface area contributed by atoms with Crippen LogP contribution in [0.3, 0.4) is 0 Å². The average Bonchev–Trinajstić information content (AvgIpc) is 2.80. The number of carbonyl (C=O) groups is 3. The molecular formula is C27H36ClN3O6. The molecule has 0 aliphatic heterocycles. The molecule has 2 aromatic rings. The summed E-state index contributed by atoms with van der Waals surface area (Å²) in [5.41, 5.74) is 1.28. The number of ether oxygens (including phenoxy) is 1. The molecule has 2 unspecified atom stereocenters. The Labute approximate surface area is 222 Å². The van der Waals surface area contributed by atoms with Gasteiger partial charge >= 0.3 is 6.09 Å². The van der Waals surface area contributed by atoms with Crippen molar-refractivity contribution in [3.63, 3.8) is 0 Å². The minimum absolute atomic E-state index is 0.0399. The molecule has 0 aliphatic carbocycles. The van der Waals surface area contributed by atoms with Crippen LogP contribution in [-0.4, -0.2) is 57.8 Å². The standard InChI is InChI=1S/C27H36ClN3O6/c1-7-13-31(25(35)20(15-32)29-26(36)37-27(4,5)6)23(18-11-12-21(33)17(3)14-18)24(34)30-22-16(2)9-8-10-19(22)28/h8-12,14,20,23,32-33H,7,13,15H2,1-6H3,(H,29,36)(H,30,34). The van der Waals surface area contributed by atoms with E-state index >= 15 is 0 Å². The lowest BCUT2D eigenvalue weighted by molar-refractivity contribution is -0.141. The number of carbonyl (C=O) groups excluding carboxylic acids is 3. The van der Waals surface area contributed by atoms with Crippen molar-refractivity contribution in [1.29, 1.82) is 0 Å². The predicted molar refractivity (Wildman–Crippen MR) is 143 cm³/mol. The molecule has 37 heavy (non-hydrogen) atoms. The number of para-hydroxylation sites is 1. The first-order valence-corrected chi connectivity index (χ1v) is 12.4. The number of nitrogens with zero attached hydrogens (tertiary/aromatic N) is 1. The quantitative estimate of drug-likeness (QED) is 0.376. The van der Waals surface area contributed by atoms with E-state index in [-0.39, 0.29) is 12.3 Å². The SMILES string of the molecule is CCCN(C(=O)C(CO)NC(=O)OC(C)(C)C)C(C(=O)Nc1c(C)cccc1Cl)c1ccc(O)c(C)c1. The fraction of sp³-hybridized carbons (Fsp3) is 0.444. The highest BCUT2D eigenvalue weighted by atomic mass is 35.5. The van der Waals surface area contributed by atoms with Crippen LogP contribution in [0.2, 0.25) is 5.02 Å². The monoisotopic (exact) mass is 533 g/mol. The van der Waals surface area contributed by atoms with Gasteiger partial charge in [0, 0.05) is 6.54 Å². The number of aryl methyl sites for hydroxylation is 2. The molecule has 0 bridgehead atoms. The van der Waals surface area contributed by atoms with Crippen LogP contribution in [0.25, 0.3) is 0 Å². The van der Waals surface area contributed by atoms with E-state index in [1.807, 2.05) is 6.92 Å². The zero-order valence-electron chi connectivity index (χ0n) is 22.1. The van der Waals surface area contributed by atoms with E-state index in [1.165, 1.54) is 11.0 Å². The second-order valence-corrected chi connectivity index (χ2v) is 10.2. The topological polar surface area (TPSA) is 128 Å². The third kappa shape index (κ3) is 8.10. The molecule has 2 atom stereocenters. The number of benzene rings is 2. The summed E-state index contributed by atoms with van der Waals surface area (Å²) in [5, 5.41) is 25.6. The number of aromatic hydroxyl groups is 1. The number of anilines is 1. The van der Waals surface area contributed by atoms with E-state index < -0.39 is 42.2 Å². The van der Waals surface area contributed by atoms with Crippen molar-refractivity contribution in [2.75, 3.05) is 18.5 Å². The van der Waals surface area contributed by atoms with E-state index in [1.54, 1.807) is 65.0 Å². The van der Waals surface area contributed by atoms with Crippen molar-refractivity contribution in [2.24, 2.45) is 0 Å². The second-order valence-electron chi connectivity index (χ2n) is 9.78. The number of phenols is 1. The maximum absolute atomic E-state index is 13.8. The molecule has 4 N–H and O–H groups in total. The lowest BCUT2D eigenvalue weighted by atomic mass is 9.99. The number of halogens is 1. The van der Waals surface area contributed by atoms with Gasteiger partial charge in [-0.2, -0.15) is 0 Å². The van der Waals surface area contributed by atoms with Gasteiger partial charge in [0.15, 0.2) is 0 Å². The molecule has 9 nitrogen and oxygen atoms in total. The summed E-state index contributed by atoms with van der Waals surface area (Å²) < 4.78 is 5.23. The summed E-state index contributed by atoms with van der Waals surface area (Å²) in [4.78, 5) is 41.1. The first-order chi connectivity index (χ1) is 17.3. The molecule has 0 saturated heterocycles. The van der Waals surface area contributed by atoms with E-state index in [0.29, 0.717) is 28.3 Å². The Morgan fingerprint density at radius 2 is 1.78 bits per heavy atom. The van der Waals surface area contributed by atoms with Crippen LogP contribution in [0, 0.1) is 13.8 Å². The molecule has 2 rings (SSSR count). The van der Waals surface area contributed by atoms with Crippen molar-refractivity contribution in [3.05, 3.63) is 58.1 Å². The number of phenolic OH excluding ortho intramolecular Hbond substituents is 1. The highest BCUT2D eigenvalue weighted by Crippen LogP contribution is 2.31. The van der Waals surface area contributed by atoms with Crippen LogP contribution in [-0.2, 0) is 14.3 Å². The molecule has 3 amide bonds. The maximum atomic E-state index is 13.8. The van der Waals surface area contributed by atoms with Gasteiger partial charge in [0.05, 0.1) is 17.3 Å². The summed E-state index contributed by atoms with van der Waals surface area (Å²) in [6.07, 6.45) is -0.382. The lowest BCUT2D eigenvalue weighted by Gasteiger charge is -2.34. The van der Waals surface area contributed by atoms with Gasteiger partial charge in [-0.15, -0.1) is 0 Å². The van der Waals surface area contributed by atoms with Crippen molar-refractivity contribution < 1.29 is 29.3 Å². The van der Waals surface area contributed by atoms with Gasteiger partial charge in [0.25, 0.3) is 5.91 Å². The average molecular weight is 534 g/mol. The molecule has 0 aliphatic rings. The summed E-state index contributed by atoms with van der Waals surface area (Å²) in [5.74, 6) is -1.17. The van der Waals surface area contributed by atoms with Gasteiger partial charge in [-0.3, -0.25) is 9.59 Å². The van der Waals surface area contributed by atoms with Gasteiger partial charge < -0.3 is 30.5 Å². The number of nitrogens with one attached hydrogen (secondary N) is 2. The molecule has 0 saturated carbocycles. The third-order valence-electron chi connectivity index (χ3n) is 5.49. The molecular weight excluding hydrogens is 498 g/mol.